The minimum absolute atomic E-state index is 0.139. The monoisotopic (exact) mass is 186 g/mol. The van der Waals surface area contributed by atoms with Crippen LogP contribution in [0, 0.1) is 5.92 Å². The summed E-state index contributed by atoms with van der Waals surface area (Å²) >= 11 is 0. The molecule has 3 nitrogen and oxygen atoms in total. The quantitative estimate of drug-likeness (QED) is 0.663. The van der Waals surface area contributed by atoms with Crippen LogP contribution in [-0.2, 0) is 14.2 Å². The normalized spacial score (nSPS) is 45.5. The largest absolute Gasteiger partial charge is 0.376 e. The van der Waals surface area contributed by atoms with E-state index in [9.17, 15) is 0 Å². The molecular weight excluding hydrogens is 168 g/mol. The first kappa shape index (κ1) is 9.44. The molecule has 0 aromatic rings. The number of fused-ring (bicyclic) bond motifs is 2. The summed E-state index contributed by atoms with van der Waals surface area (Å²) < 4.78 is 17.1. The second-order valence-corrected chi connectivity index (χ2v) is 4.00. The lowest BCUT2D eigenvalue weighted by Gasteiger charge is -2.34. The highest BCUT2D eigenvalue weighted by Crippen LogP contribution is 2.43. The fourth-order valence-corrected chi connectivity index (χ4v) is 2.43. The van der Waals surface area contributed by atoms with Crippen molar-refractivity contribution in [2.75, 3.05) is 19.8 Å². The maximum Gasteiger partial charge on any atom is 0.122 e. The van der Waals surface area contributed by atoms with Crippen LogP contribution in [0.1, 0.15) is 20.8 Å². The van der Waals surface area contributed by atoms with E-state index in [1.165, 1.54) is 0 Å². The molecule has 2 aliphatic rings. The van der Waals surface area contributed by atoms with Gasteiger partial charge in [-0.2, -0.15) is 0 Å². The second-order valence-electron chi connectivity index (χ2n) is 4.00. The van der Waals surface area contributed by atoms with E-state index in [1.54, 1.807) is 0 Å². The lowest BCUT2D eigenvalue weighted by atomic mass is 9.86. The Balaban J connectivity index is 2.10. The fourth-order valence-electron chi connectivity index (χ4n) is 2.43. The molecule has 0 amide bonds. The summed E-state index contributed by atoms with van der Waals surface area (Å²) in [6, 6.07) is 0. The Labute approximate surface area is 79.4 Å². The molecule has 2 heterocycles. The molecule has 2 bridgehead atoms. The molecule has 0 aromatic heterocycles. The summed E-state index contributed by atoms with van der Waals surface area (Å²) in [6.45, 7) is 8.46. The molecule has 1 unspecified atom stereocenters. The van der Waals surface area contributed by atoms with Gasteiger partial charge < -0.3 is 14.2 Å². The van der Waals surface area contributed by atoms with E-state index in [2.05, 4.69) is 13.8 Å². The Kier molecular flexibility index (Phi) is 2.34. The Hall–Kier alpha value is -0.120. The zero-order valence-electron chi connectivity index (χ0n) is 8.58. The Morgan fingerprint density at radius 1 is 1.62 bits per heavy atom. The standard InChI is InChI=1S/C10H18O3/c1-4-11-8(3)10-6-12-9(5-13-10)7(10)2/h7-9H,4-6H2,1-3H3/t7-,8?,9-,10-/m0/s1. The summed E-state index contributed by atoms with van der Waals surface area (Å²) in [5.41, 5.74) is -0.166. The van der Waals surface area contributed by atoms with Gasteiger partial charge in [-0.25, -0.2) is 0 Å². The van der Waals surface area contributed by atoms with Crippen molar-refractivity contribution >= 4 is 0 Å². The molecule has 3 heteroatoms. The van der Waals surface area contributed by atoms with E-state index in [1.807, 2.05) is 6.92 Å². The van der Waals surface area contributed by atoms with Crippen molar-refractivity contribution in [1.29, 1.82) is 0 Å². The minimum Gasteiger partial charge on any atom is -0.376 e. The molecule has 2 fully saturated rings. The predicted molar refractivity (Wildman–Crippen MR) is 48.7 cm³/mol. The van der Waals surface area contributed by atoms with Crippen LogP contribution in [-0.4, -0.2) is 37.6 Å². The summed E-state index contributed by atoms with van der Waals surface area (Å²) in [6.07, 6.45) is 0.433. The van der Waals surface area contributed by atoms with Crippen molar-refractivity contribution in [2.24, 2.45) is 5.92 Å². The van der Waals surface area contributed by atoms with Gasteiger partial charge in [0.1, 0.15) is 5.60 Å². The van der Waals surface area contributed by atoms with Crippen LogP contribution < -0.4 is 0 Å². The van der Waals surface area contributed by atoms with E-state index in [0.29, 0.717) is 18.6 Å². The SMILES string of the molecule is CCOC(C)[C@@]12CO[C@@H](CO1)[C@@H]2C. The lowest BCUT2D eigenvalue weighted by molar-refractivity contribution is -0.159. The zero-order valence-corrected chi connectivity index (χ0v) is 8.58. The predicted octanol–water partition coefficient (Wildman–Crippen LogP) is 1.22. The molecule has 4 atom stereocenters. The van der Waals surface area contributed by atoms with Gasteiger partial charge in [-0.1, -0.05) is 6.92 Å². The first-order valence-corrected chi connectivity index (χ1v) is 5.08. The van der Waals surface area contributed by atoms with Crippen LogP contribution in [0.15, 0.2) is 0 Å². The van der Waals surface area contributed by atoms with Crippen LogP contribution in [0.4, 0.5) is 0 Å². The van der Waals surface area contributed by atoms with Crippen molar-refractivity contribution in [1.82, 2.24) is 0 Å². The van der Waals surface area contributed by atoms with Crippen molar-refractivity contribution in [3.63, 3.8) is 0 Å². The molecule has 0 aromatic carbocycles. The third-order valence-electron chi connectivity index (χ3n) is 3.47. The number of hydrogen-bond donors (Lipinski definition) is 0. The maximum absolute atomic E-state index is 5.82. The Bertz CT molecular complexity index is 185. The summed E-state index contributed by atoms with van der Waals surface area (Å²) in [5.74, 6) is 0.467. The van der Waals surface area contributed by atoms with Crippen LogP contribution in [0.5, 0.6) is 0 Å². The molecule has 0 aliphatic carbocycles. The van der Waals surface area contributed by atoms with E-state index in [0.717, 1.165) is 13.2 Å². The molecule has 76 valence electrons. The summed E-state index contributed by atoms with van der Waals surface area (Å²) in [5, 5.41) is 0. The van der Waals surface area contributed by atoms with Gasteiger partial charge in [0.15, 0.2) is 0 Å². The molecule has 2 aliphatic heterocycles. The molecule has 0 radical (unpaired) electrons. The zero-order chi connectivity index (χ0) is 9.47. The number of ether oxygens (including phenoxy) is 3. The average molecular weight is 186 g/mol. The van der Waals surface area contributed by atoms with Gasteiger partial charge in [-0.15, -0.1) is 0 Å². The van der Waals surface area contributed by atoms with E-state index in [-0.39, 0.29) is 11.7 Å². The van der Waals surface area contributed by atoms with Gasteiger partial charge in [0.2, 0.25) is 0 Å². The topological polar surface area (TPSA) is 27.7 Å². The third kappa shape index (κ3) is 1.22. The summed E-state index contributed by atoms with van der Waals surface area (Å²) in [7, 11) is 0. The molecule has 2 saturated heterocycles. The number of hydrogen-bond acceptors (Lipinski definition) is 3. The fraction of sp³-hybridized carbons (Fsp3) is 1.00. The van der Waals surface area contributed by atoms with Gasteiger partial charge in [0, 0.05) is 12.5 Å². The van der Waals surface area contributed by atoms with Crippen LogP contribution >= 0.6 is 0 Å². The van der Waals surface area contributed by atoms with E-state index < -0.39 is 0 Å². The van der Waals surface area contributed by atoms with Crippen molar-refractivity contribution < 1.29 is 14.2 Å². The lowest BCUT2D eigenvalue weighted by Crippen LogP contribution is -2.47. The van der Waals surface area contributed by atoms with Gasteiger partial charge in [0.05, 0.1) is 25.4 Å². The van der Waals surface area contributed by atoms with Crippen LogP contribution in [0.3, 0.4) is 0 Å². The van der Waals surface area contributed by atoms with E-state index in [4.69, 9.17) is 14.2 Å². The Morgan fingerprint density at radius 2 is 2.38 bits per heavy atom. The molecule has 0 spiro atoms. The minimum atomic E-state index is -0.166. The maximum atomic E-state index is 5.82. The van der Waals surface area contributed by atoms with E-state index >= 15 is 0 Å². The highest BCUT2D eigenvalue weighted by Gasteiger charge is 2.57. The Morgan fingerprint density at radius 3 is 2.77 bits per heavy atom. The molecule has 2 rings (SSSR count). The number of rotatable bonds is 3. The van der Waals surface area contributed by atoms with Gasteiger partial charge in [-0.3, -0.25) is 0 Å². The average Bonchev–Trinajstić information content (AvgIpc) is 2.62. The first-order chi connectivity index (χ1) is 6.20. The highest BCUT2D eigenvalue weighted by atomic mass is 16.6. The molecule has 13 heavy (non-hydrogen) atoms. The molecule has 0 N–H and O–H groups in total. The highest BCUT2D eigenvalue weighted by molar-refractivity contribution is 5.04. The second kappa shape index (κ2) is 3.23. The molecule has 0 saturated carbocycles. The third-order valence-corrected chi connectivity index (χ3v) is 3.47. The van der Waals surface area contributed by atoms with Gasteiger partial charge in [-0.05, 0) is 13.8 Å². The smallest absolute Gasteiger partial charge is 0.122 e. The van der Waals surface area contributed by atoms with Crippen molar-refractivity contribution in [3.8, 4) is 0 Å². The van der Waals surface area contributed by atoms with Crippen molar-refractivity contribution in [2.45, 2.75) is 38.6 Å². The van der Waals surface area contributed by atoms with Crippen LogP contribution in [0.25, 0.3) is 0 Å². The van der Waals surface area contributed by atoms with Gasteiger partial charge in [0.25, 0.3) is 0 Å². The first-order valence-electron chi connectivity index (χ1n) is 5.08. The molecular formula is C10H18O3. The summed E-state index contributed by atoms with van der Waals surface area (Å²) in [4.78, 5) is 0. The van der Waals surface area contributed by atoms with Crippen molar-refractivity contribution in [3.05, 3.63) is 0 Å². The van der Waals surface area contributed by atoms with Crippen LogP contribution in [0.2, 0.25) is 0 Å². The van der Waals surface area contributed by atoms with Gasteiger partial charge >= 0.3 is 0 Å².